The molecule has 0 amide bonds. The average Bonchev–Trinajstić information content (AvgIpc) is 2.51. The summed E-state index contributed by atoms with van der Waals surface area (Å²) in [4.78, 5) is 0. The molecular formula is C14H21NO. The molecule has 2 rings (SSSR count). The number of rotatable bonds is 3. The molecule has 16 heavy (non-hydrogen) atoms. The molecule has 1 atom stereocenters. The third-order valence-corrected chi connectivity index (χ3v) is 3.62. The second-order valence-corrected chi connectivity index (χ2v) is 4.63. The van der Waals surface area contributed by atoms with Crippen molar-refractivity contribution in [3.63, 3.8) is 0 Å². The molecule has 0 spiro atoms. The Balaban J connectivity index is 2.44. The van der Waals surface area contributed by atoms with E-state index in [1.807, 2.05) is 0 Å². The first-order chi connectivity index (χ1) is 7.82. The van der Waals surface area contributed by atoms with Crippen LogP contribution < -0.4 is 5.32 Å². The molecule has 1 aliphatic carbocycles. The molecule has 1 aliphatic rings. The Morgan fingerprint density at radius 3 is 2.88 bits per heavy atom. The molecule has 0 saturated heterocycles. The van der Waals surface area contributed by atoms with E-state index in [-0.39, 0.29) is 12.1 Å². The second kappa shape index (κ2) is 4.98. The van der Waals surface area contributed by atoms with Crippen molar-refractivity contribution >= 4 is 0 Å². The summed E-state index contributed by atoms with van der Waals surface area (Å²) in [6, 6.07) is 8.53. The summed E-state index contributed by atoms with van der Waals surface area (Å²) in [7, 11) is 0. The van der Waals surface area contributed by atoms with Gasteiger partial charge in [0.2, 0.25) is 0 Å². The molecule has 0 aromatic heterocycles. The second-order valence-electron chi connectivity index (χ2n) is 4.63. The van der Waals surface area contributed by atoms with Crippen LogP contribution in [-0.4, -0.2) is 18.3 Å². The summed E-state index contributed by atoms with van der Waals surface area (Å²) in [5.41, 5.74) is 2.49. The molecule has 88 valence electrons. The third-order valence-electron chi connectivity index (χ3n) is 3.62. The average molecular weight is 219 g/mol. The lowest BCUT2D eigenvalue weighted by atomic mass is 9.85. The van der Waals surface area contributed by atoms with Gasteiger partial charge in [-0.05, 0) is 36.9 Å². The Bertz CT molecular complexity index is 350. The molecule has 2 heteroatoms. The van der Waals surface area contributed by atoms with E-state index in [0.29, 0.717) is 0 Å². The number of aryl methyl sites for hydroxylation is 1. The zero-order chi connectivity index (χ0) is 11.4. The zero-order valence-corrected chi connectivity index (χ0v) is 10.00. The highest BCUT2D eigenvalue weighted by molar-refractivity contribution is 5.35. The van der Waals surface area contributed by atoms with Gasteiger partial charge in [-0.15, -0.1) is 0 Å². The maximum atomic E-state index is 9.78. The van der Waals surface area contributed by atoms with Crippen LogP contribution in [0.25, 0.3) is 0 Å². The minimum atomic E-state index is -0.207. The number of aliphatic hydroxyl groups excluding tert-OH is 1. The molecule has 0 radical (unpaired) electrons. The quantitative estimate of drug-likeness (QED) is 0.764. The number of benzene rings is 1. The normalized spacial score (nSPS) is 24.9. The van der Waals surface area contributed by atoms with Gasteiger partial charge >= 0.3 is 0 Å². The van der Waals surface area contributed by atoms with Crippen molar-refractivity contribution in [3.8, 4) is 0 Å². The van der Waals surface area contributed by atoms with Gasteiger partial charge in [-0.25, -0.2) is 0 Å². The predicted octanol–water partition coefficient (Wildman–Crippen LogP) is 2.21. The maximum absolute atomic E-state index is 9.78. The number of aliphatic hydroxyl groups is 1. The van der Waals surface area contributed by atoms with Gasteiger partial charge in [0.05, 0.1) is 12.1 Å². The molecule has 2 N–H and O–H groups in total. The predicted molar refractivity (Wildman–Crippen MR) is 66.4 cm³/mol. The third kappa shape index (κ3) is 2.00. The van der Waals surface area contributed by atoms with E-state index in [4.69, 9.17) is 0 Å². The van der Waals surface area contributed by atoms with Crippen LogP contribution in [0.2, 0.25) is 0 Å². The van der Waals surface area contributed by atoms with Crippen molar-refractivity contribution in [1.82, 2.24) is 5.32 Å². The van der Waals surface area contributed by atoms with E-state index in [2.05, 4.69) is 36.5 Å². The molecular weight excluding hydrogens is 198 g/mol. The molecule has 1 aromatic carbocycles. The standard InChI is InChI=1S/C14H21NO/c1-2-15-14(11-16)10-6-5-8-12-7-3-4-9-13(12)14/h3-4,7,9,15-16H,2,5-6,8,10-11H2,1H3. The molecule has 0 aliphatic heterocycles. The number of nitrogens with one attached hydrogen (secondary N) is 1. The van der Waals surface area contributed by atoms with Gasteiger partial charge in [-0.3, -0.25) is 0 Å². The first kappa shape index (κ1) is 11.6. The van der Waals surface area contributed by atoms with Crippen molar-refractivity contribution in [2.75, 3.05) is 13.2 Å². The number of hydrogen-bond donors (Lipinski definition) is 2. The van der Waals surface area contributed by atoms with Crippen LogP contribution in [0.3, 0.4) is 0 Å². The van der Waals surface area contributed by atoms with Crippen LogP contribution in [0.4, 0.5) is 0 Å². The summed E-state index contributed by atoms with van der Waals surface area (Å²) < 4.78 is 0. The zero-order valence-electron chi connectivity index (χ0n) is 10.00. The monoisotopic (exact) mass is 219 g/mol. The van der Waals surface area contributed by atoms with Crippen LogP contribution in [0, 0.1) is 0 Å². The maximum Gasteiger partial charge on any atom is 0.0671 e. The van der Waals surface area contributed by atoms with Crippen LogP contribution in [0.15, 0.2) is 24.3 Å². The molecule has 0 heterocycles. The van der Waals surface area contributed by atoms with Crippen molar-refractivity contribution < 1.29 is 5.11 Å². The lowest BCUT2D eigenvalue weighted by molar-refractivity contribution is 0.152. The van der Waals surface area contributed by atoms with Crippen molar-refractivity contribution in [2.45, 2.75) is 38.1 Å². The Kier molecular flexibility index (Phi) is 3.62. The lowest BCUT2D eigenvalue weighted by Gasteiger charge is -2.33. The van der Waals surface area contributed by atoms with Gasteiger partial charge in [0.25, 0.3) is 0 Å². The van der Waals surface area contributed by atoms with Crippen LogP contribution >= 0.6 is 0 Å². The van der Waals surface area contributed by atoms with Gasteiger partial charge in [0.1, 0.15) is 0 Å². The van der Waals surface area contributed by atoms with Gasteiger partial charge < -0.3 is 10.4 Å². The smallest absolute Gasteiger partial charge is 0.0671 e. The van der Waals surface area contributed by atoms with Gasteiger partial charge in [-0.1, -0.05) is 37.6 Å². The Morgan fingerprint density at radius 2 is 2.12 bits per heavy atom. The fourth-order valence-electron chi connectivity index (χ4n) is 2.82. The van der Waals surface area contributed by atoms with E-state index in [9.17, 15) is 5.11 Å². The van der Waals surface area contributed by atoms with E-state index >= 15 is 0 Å². The minimum Gasteiger partial charge on any atom is -0.394 e. The van der Waals surface area contributed by atoms with Crippen molar-refractivity contribution in [3.05, 3.63) is 35.4 Å². The Morgan fingerprint density at radius 1 is 1.31 bits per heavy atom. The van der Waals surface area contributed by atoms with Crippen LogP contribution in [-0.2, 0) is 12.0 Å². The molecule has 0 bridgehead atoms. The number of hydrogen-bond acceptors (Lipinski definition) is 2. The summed E-state index contributed by atoms with van der Waals surface area (Å²) in [5.74, 6) is 0. The van der Waals surface area contributed by atoms with E-state index in [1.165, 1.54) is 24.0 Å². The summed E-state index contributed by atoms with van der Waals surface area (Å²) in [6.45, 7) is 3.19. The molecule has 0 fully saturated rings. The van der Waals surface area contributed by atoms with E-state index in [1.54, 1.807) is 0 Å². The summed E-state index contributed by atoms with van der Waals surface area (Å²) in [6.07, 6.45) is 4.59. The van der Waals surface area contributed by atoms with E-state index < -0.39 is 0 Å². The highest BCUT2D eigenvalue weighted by Gasteiger charge is 2.33. The SMILES string of the molecule is CCNC1(CO)CCCCc2ccccc21. The Labute approximate surface area is 97.7 Å². The van der Waals surface area contributed by atoms with Gasteiger partial charge in [0, 0.05) is 0 Å². The van der Waals surface area contributed by atoms with Gasteiger partial charge in [0.15, 0.2) is 0 Å². The highest BCUT2D eigenvalue weighted by atomic mass is 16.3. The number of fused-ring (bicyclic) bond motifs is 1. The fourth-order valence-corrected chi connectivity index (χ4v) is 2.82. The van der Waals surface area contributed by atoms with Gasteiger partial charge in [-0.2, -0.15) is 0 Å². The largest absolute Gasteiger partial charge is 0.394 e. The van der Waals surface area contributed by atoms with Crippen molar-refractivity contribution in [1.29, 1.82) is 0 Å². The highest BCUT2D eigenvalue weighted by Crippen LogP contribution is 2.33. The van der Waals surface area contributed by atoms with Crippen LogP contribution in [0.5, 0.6) is 0 Å². The summed E-state index contributed by atoms with van der Waals surface area (Å²) >= 11 is 0. The van der Waals surface area contributed by atoms with Crippen molar-refractivity contribution in [2.24, 2.45) is 0 Å². The fraction of sp³-hybridized carbons (Fsp3) is 0.571. The molecule has 2 nitrogen and oxygen atoms in total. The Hall–Kier alpha value is -0.860. The minimum absolute atomic E-state index is 0.192. The lowest BCUT2D eigenvalue weighted by Crippen LogP contribution is -2.45. The molecule has 1 aromatic rings. The van der Waals surface area contributed by atoms with Crippen LogP contribution in [0.1, 0.15) is 37.3 Å². The molecule has 1 unspecified atom stereocenters. The first-order valence-electron chi connectivity index (χ1n) is 6.26. The summed E-state index contributed by atoms with van der Waals surface area (Å²) in [5, 5.41) is 13.3. The first-order valence-corrected chi connectivity index (χ1v) is 6.26. The topological polar surface area (TPSA) is 32.3 Å². The number of likely N-dealkylation sites (N-methyl/N-ethyl adjacent to an activating group) is 1. The molecule has 0 saturated carbocycles. The van der Waals surface area contributed by atoms with E-state index in [0.717, 1.165) is 19.4 Å².